The Morgan fingerprint density at radius 2 is 2.09 bits per heavy atom. The predicted molar refractivity (Wildman–Crippen MR) is 88.2 cm³/mol. The molecule has 1 atom stereocenters. The lowest BCUT2D eigenvalue weighted by atomic mass is 9.90. The third-order valence-corrected chi connectivity index (χ3v) is 5.02. The first kappa shape index (κ1) is 15.1. The first-order valence-electron chi connectivity index (χ1n) is 8.16. The van der Waals surface area contributed by atoms with Gasteiger partial charge in [0.05, 0.1) is 0 Å². The van der Waals surface area contributed by atoms with Gasteiger partial charge < -0.3 is 10.2 Å². The summed E-state index contributed by atoms with van der Waals surface area (Å²) < 4.78 is 0. The largest absolute Gasteiger partial charge is 0.372 e. The summed E-state index contributed by atoms with van der Waals surface area (Å²) in [5, 5.41) is 3.04. The lowest BCUT2D eigenvalue weighted by Crippen LogP contribution is -2.64. The van der Waals surface area contributed by atoms with E-state index < -0.39 is 5.54 Å². The molecule has 1 spiro atoms. The van der Waals surface area contributed by atoms with Crippen LogP contribution in [0.1, 0.15) is 25.3 Å². The molecule has 3 rings (SSSR count). The Morgan fingerprint density at radius 3 is 2.73 bits per heavy atom. The van der Waals surface area contributed by atoms with Crippen molar-refractivity contribution in [3.8, 4) is 0 Å². The van der Waals surface area contributed by atoms with Crippen molar-refractivity contribution >= 4 is 5.91 Å². The molecule has 2 saturated heterocycles. The highest BCUT2D eigenvalue weighted by molar-refractivity contribution is 5.89. The third-order valence-electron chi connectivity index (χ3n) is 5.02. The summed E-state index contributed by atoms with van der Waals surface area (Å²) in [6.07, 6.45) is 1.82. The molecule has 0 bridgehead atoms. The first-order valence-corrected chi connectivity index (χ1v) is 8.16. The summed E-state index contributed by atoms with van der Waals surface area (Å²) in [5.41, 5.74) is 2.01. The number of amides is 1. The van der Waals surface area contributed by atoms with Crippen molar-refractivity contribution < 1.29 is 4.79 Å². The smallest absolute Gasteiger partial charge is 0.242 e. The maximum Gasteiger partial charge on any atom is 0.242 e. The highest BCUT2D eigenvalue weighted by Crippen LogP contribution is 2.32. The van der Waals surface area contributed by atoms with Crippen LogP contribution >= 0.6 is 0 Å². The minimum absolute atomic E-state index is 0.178. The fraction of sp³-hybridized carbons (Fsp3) is 0.500. The monoisotopic (exact) mass is 299 g/mol. The Bertz CT molecular complexity index is 557. The van der Waals surface area contributed by atoms with Gasteiger partial charge in [0, 0.05) is 38.4 Å². The van der Waals surface area contributed by atoms with Crippen molar-refractivity contribution in [2.45, 2.75) is 31.8 Å². The van der Waals surface area contributed by atoms with Crippen molar-refractivity contribution in [1.29, 1.82) is 0 Å². The fourth-order valence-corrected chi connectivity index (χ4v) is 3.59. The highest BCUT2D eigenvalue weighted by atomic mass is 16.2. The zero-order chi connectivity index (χ0) is 15.6. The Hall–Kier alpha value is -1.81. The van der Waals surface area contributed by atoms with Crippen molar-refractivity contribution in [3.05, 3.63) is 48.2 Å². The molecular formula is C18H25N3O. The van der Waals surface area contributed by atoms with Gasteiger partial charge in [-0.3, -0.25) is 9.69 Å². The van der Waals surface area contributed by atoms with Gasteiger partial charge in [0.2, 0.25) is 5.91 Å². The maximum absolute atomic E-state index is 12.6. The van der Waals surface area contributed by atoms with Crippen LogP contribution in [-0.4, -0.2) is 47.4 Å². The molecule has 4 nitrogen and oxygen atoms in total. The van der Waals surface area contributed by atoms with Gasteiger partial charge in [-0.2, -0.15) is 0 Å². The summed E-state index contributed by atoms with van der Waals surface area (Å²) in [6.45, 7) is 10.5. The van der Waals surface area contributed by atoms with Crippen LogP contribution in [0.5, 0.6) is 0 Å². The molecule has 1 aromatic carbocycles. The molecule has 22 heavy (non-hydrogen) atoms. The number of carbonyl (C=O) groups is 1. The van der Waals surface area contributed by atoms with Gasteiger partial charge >= 0.3 is 0 Å². The maximum atomic E-state index is 12.6. The minimum Gasteiger partial charge on any atom is -0.372 e. The molecular weight excluding hydrogens is 274 g/mol. The van der Waals surface area contributed by atoms with E-state index in [0.717, 1.165) is 51.3 Å². The zero-order valence-electron chi connectivity index (χ0n) is 13.3. The quantitative estimate of drug-likeness (QED) is 0.923. The Labute approximate surface area is 132 Å². The second kappa shape index (κ2) is 6.13. The lowest BCUT2D eigenvalue weighted by Gasteiger charge is -2.48. The lowest BCUT2D eigenvalue weighted by molar-refractivity contribution is -0.134. The van der Waals surface area contributed by atoms with E-state index >= 15 is 0 Å². The summed E-state index contributed by atoms with van der Waals surface area (Å²) in [6, 6.07) is 10.4. The van der Waals surface area contributed by atoms with Gasteiger partial charge in [0.25, 0.3) is 0 Å². The second-order valence-electron chi connectivity index (χ2n) is 6.29. The number of hydrogen-bond acceptors (Lipinski definition) is 3. The van der Waals surface area contributed by atoms with Crippen LogP contribution in [0.4, 0.5) is 0 Å². The van der Waals surface area contributed by atoms with Gasteiger partial charge in [0.15, 0.2) is 0 Å². The summed E-state index contributed by atoms with van der Waals surface area (Å²) in [4.78, 5) is 17.3. The van der Waals surface area contributed by atoms with Crippen molar-refractivity contribution in [2.24, 2.45) is 0 Å². The molecule has 1 amide bonds. The van der Waals surface area contributed by atoms with Crippen LogP contribution in [0.25, 0.3) is 0 Å². The SMILES string of the molecule is C=C(CC)N1CCN(Cc2ccccc2)C2(CCNC2=O)C1. The number of hydrogen-bond donors (Lipinski definition) is 1. The predicted octanol–water partition coefficient (Wildman–Crippen LogP) is 1.99. The fourth-order valence-electron chi connectivity index (χ4n) is 3.59. The second-order valence-corrected chi connectivity index (χ2v) is 6.29. The van der Waals surface area contributed by atoms with Crippen LogP contribution in [0.15, 0.2) is 42.6 Å². The van der Waals surface area contributed by atoms with Gasteiger partial charge in [-0.1, -0.05) is 43.8 Å². The molecule has 0 aromatic heterocycles. The van der Waals surface area contributed by atoms with E-state index in [9.17, 15) is 4.79 Å². The van der Waals surface area contributed by atoms with E-state index in [1.165, 1.54) is 5.56 Å². The number of nitrogens with zero attached hydrogens (tertiary/aromatic N) is 2. The molecule has 1 unspecified atom stereocenters. The third kappa shape index (κ3) is 2.63. The number of rotatable bonds is 4. The van der Waals surface area contributed by atoms with E-state index in [1.54, 1.807) is 0 Å². The van der Waals surface area contributed by atoms with Crippen LogP contribution in [0, 0.1) is 0 Å². The molecule has 1 aromatic rings. The summed E-state index contributed by atoms with van der Waals surface area (Å²) in [7, 11) is 0. The number of benzene rings is 1. The summed E-state index contributed by atoms with van der Waals surface area (Å²) >= 11 is 0. The van der Waals surface area contributed by atoms with Gasteiger partial charge in [-0.05, 0) is 18.4 Å². The highest BCUT2D eigenvalue weighted by Gasteiger charge is 2.50. The standard InChI is InChI=1S/C18H25N3O/c1-3-15(2)20-11-12-21(13-16-7-5-4-6-8-16)18(14-20)9-10-19-17(18)22/h4-8H,2-3,9-14H2,1H3,(H,19,22). The van der Waals surface area contributed by atoms with Crippen LogP contribution in [0.2, 0.25) is 0 Å². The van der Waals surface area contributed by atoms with Crippen molar-refractivity contribution in [1.82, 2.24) is 15.1 Å². The normalized spacial score (nSPS) is 25.5. The van der Waals surface area contributed by atoms with E-state index in [-0.39, 0.29) is 5.91 Å². The topological polar surface area (TPSA) is 35.6 Å². The average molecular weight is 299 g/mol. The van der Waals surface area contributed by atoms with Gasteiger partial charge in [-0.25, -0.2) is 0 Å². The number of piperazine rings is 1. The number of carbonyl (C=O) groups excluding carboxylic acids is 1. The molecule has 2 aliphatic rings. The molecule has 1 N–H and O–H groups in total. The molecule has 4 heteroatoms. The Morgan fingerprint density at radius 1 is 1.32 bits per heavy atom. The molecule has 2 aliphatic heterocycles. The Balaban J connectivity index is 1.83. The average Bonchev–Trinajstić information content (AvgIpc) is 2.91. The Kier molecular flexibility index (Phi) is 4.21. The number of allylic oxidation sites excluding steroid dienone is 1. The van der Waals surface area contributed by atoms with Gasteiger partial charge in [0.1, 0.15) is 5.54 Å². The minimum atomic E-state index is -0.397. The summed E-state index contributed by atoms with van der Waals surface area (Å²) in [5.74, 6) is 0.178. The van der Waals surface area contributed by atoms with Crippen molar-refractivity contribution in [3.63, 3.8) is 0 Å². The molecule has 118 valence electrons. The van der Waals surface area contributed by atoms with Gasteiger partial charge in [-0.15, -0.1) is 0 Å². The molecule has 0 radical (unpaired) electrons. The van der Waals surface area contributed by atoms with Crippen molar-refractivity contribution in [2.75, 3.05) is 26.2 Å². The molecule has 2 fully saturated rings. The number of nitrogens with one attached hydrogen (secondary N) is 1. The van der Waals surface area contributed by atoms with Crippen LogP contribution in [0.3, 0.4) is 0 Å². The van der Waals surface area contributed by atoms with E-state index in [0.29, 0.717) is 0 Å². The van der Waals surface area contributed by atoms with Crippen LogP contribution < -0.4 is 5.32 Å². The van der Waals surface area contributed by atoms with E-state index in [2.05, 4.69) is 52.9 Å². The van der Waals surface area contributed by atoms with E-state index in [4.69, 9.17) is 0 Å². The zero-order valence-corrected chi connectivity index (χ0v) is 13.3. The molecule has 0 saturated carbocycles. The molecule has 2 heterocycles. The first-order chi connectivity index (χ1) is 10.7. The van der Waals surface area contributed by atoms with E-state index in [1.807, 2.05) is 6.07 Å². The van der Waals surface area contributed by atoms with Crippen LogP contribution in [-0.2, 0) is 11.3 Å². The molecule has 0 aliphatic carbocycles.